The topological polar surface area (TPSA) is 56.2 Å². The maximum absolute atomic E-state index is 11.4. The van der Waals surface area contributed by atoms with Crippen LogP contribution in [-0.4, -0.2) is 0 Å². The van der Waals surface area contributed by atoms with E-state index in [9.17, 15) is 4.79 Å². The average molecular weight is 203 g/mol. The van der Waals surface area contributed by atoms with Gasteiger partial charge in [0.2, 0.25) is 0 Å². The molecule has 2 N–H and O–H groups in total. The van der Waals surface area contributed by atoms with E-state index in [-0.39, 0.29) is 12.2 Å². The summed E-state index contributed by atoms with van der Waals surface area (Å²) < 4.78 is 5.15. The van der Waals surface area contributed by atoms with E-state index in [2.05, 4.69) is 6.92 Å². The minimum Gasteiger partial charge on any atom is -0.422 e. The molecule has 0 spiro atoms. The Morgan fingerprint density at radius 1 is 1.33 bits per heavy atom. The first-order chi connectivity index (χ1) is 7.24. The van der Waals surface area contributed by atoms with Gasteiger partial charge in [0.1, 0.15) is 5.58 Å². The van der Waals surface area contributed by atoms with Gasteiger partial charge in [0, 0.05) is 11.9 Å². The predicted molar refractivity (Wildman–Crippen MR) is 59.8 cm³/mol. The van der Waals surface area contributed by atoms with Crippen LogP contribution >= 0.6 is 0 Å². The van der Waals surface area contributed by atoms with E-state index in [0.29, 0.717) is 11.1 Å². The van der Waals surface area contributed by atoms with Crippen LogP contribution in [-0.2, 0) is 13.0 Å². The summed E-state index contributed by atoms with van der Waals surface area (Å²) in [5, 5.41) is 0.939. The molecule has 0 saturated heterocycles. The number of fused-ring (bicyclic) bond motifs is 1. The first-order valence-corrected chi connectivity index (χ1v) is 5.00. The molecule has 0 radical (unpaired) electrons. The Morgan fingerprint density at radius 2 is 2.13 bits per heavy atom. The third-order valence-electron chi connectivity index (χ3n) is 2.50. The smallest absolute Gasteiger partial charge is 0.340 e. The lowest BCUT2D eigenvalue weighted by Crippen LogP contribution is -2.11. The van der Waals surface area contributed by atoms with Gasteiger partial charge in [-0.25, -0.2) is 4.79 Å². The second-order valence-electron chi connectivity index (χ2n) is 3.49. The van der Waals surface area contributed by atoms with E-state index in [1.807, 2.05) is 18.2 Å². The summed E-state index contributed by atoms with van der Waals surface area (Å²) >= 11 is 0. The number of nitrogens with two attached hydrogens (primary N) is 1. The predicted octanol–water partition coefficient (Wildman–Crippen LogP) is 1.81. The van der Waals surface area contributed by atoms with Crippen LogP contribution in [0.3, 0.4) is 0 Å². The number of benzene rings is 1. The molecule has 0 aliphatic heterocycles. The normalized spacial score (nSPS) is 10.8. The first-order valence-electron chi connectivity index (χ1n) is 5.00. The van der Waals surface area contributed by atoms with Gasteiger partial charge in [0.25, 0.3) is 0 Å². The molecule has 0 atom stereocenters. The first kappa shape index (κ1) is 9.93. The van der Waals surface area contributed by atoms with Gasteiger partial charge in [0.05, 0.1) is 5.56 Å². The van der Waals surface area contributed by atoms with E-state index in [1.54, 1.807) is 6.07 Å². The summed E-state index contributed by atoms with van der Waals surface area (Å²) in [6, 6.07) is 7.63. The van der Waals surface area contributed by atoms with Gasteiger partial charge in [-0.05, 0) is 30.2 Å². The van der Waals surface area contributed by atoms with Crippen molar-refractivity contribution < 1.29 is 4.42 Å². The Balaban J connectivity index is 2.71. The van der Waals surface area contributed by atoms with Crippen molar-refractivity contribution in [1.29, 1.82) is 0 Å². The van der Waals surface area contributed by atoms with Crippen LogP contribution in [0.4, 0.5) is 0 Å². The molecule has 2 rings (SSSR count). The summed E-state index contributed by atoms with van der Waals surface area (Å²) in [5.74, 6) is 0. The van der Waals surface area contributed by atoms with Crippen molar-refractivity contribution >= 4 is 11.0 Å². The zero-order valence-corrected chi connectivity index (χ0v) is 8.62. The molecule has 1 aromatic heterocycles. The highest BCUT2D eigenvalue weighted by Gasteiger charge is 2.03. The van der Waals surface area contributed by atoms with Gasteiger partial charge in [0.15, 0.2) is 0 Å². The fourth-order valence-electron chi connectivity index (χ4n) is 1.58. The summed E-state index contributed by atoms with van der Waals surface area (Å²) in [6.07, 6.45) is 0.965. The largest absolute Gasteiger partial charge is 0.422 e. The van der Waals surface area contributed by atoms with Crippen LogP contribution in [0.25, 0.3) is 11.0 Å². The minimum absolute atomic E-state index is 0.217. The Hall–Kier alpha value is -1.61. The van der Waals surface area contributed by atoms with Crippen molar-refractivity contribution in [1.82, 2.24) is 0 Å². The van der Waals surface area contributed by atoms with Gasteiger partial charge in [-0.15, -0.1) is 0 Å². The highest BCUT2D eigenvalue weighted by Crippen LogP contribution is 2.15. The maximum Gasteiger partial charge on any atom is 0.340 e. The van der Waals surface area contributed by atoms with E-state index in [1.165, 1.54) is 5.56 Å². The summed E-state index contributed by atoms with van der Waals surface area (Å²) in [7, 11) is 0. The lowest BCUT2D eigenvalue weighted by molar-refractivity contribution is 0.550. The van der Waals surface area contributed by atoms with Crippen LogP contribution < -0.4 is 11.4 Å². The lowest BCUT2D eigenvalue weighted by Gasteiger charge is -2.01. The third kappa shape index (κ3) is 1.78. The fraction of sp³-hybridized carbons (Fsp3) is 0.250. The molecule has 3 nitrogen and oxygen atoms in total. The standard InChI is InChI=1S/C12H13NO2/c1-2-8-3-4-11-9(5-8)6-10(7-13)12(14)15-11/h3-6H,2,7,13H2,1H3. The van der Waals surface area contributed by atoms with Crippen molar-refractivity contribution in [3.63, 3.8) is 0 Å². The number of aryl methyl sites for hydroxylation is 1. The van der Waals surface area contributed by atoms with E-state index >= 15 is 0 Å². The molecule has 1 aromatic carbocycles. The zero-order chi connectivity index (χ0) is 10.8. The van der Waals surface area contributed by atoms with Gasteiger partial charge in [-0.3, -0.25) is 0 Å². The van der Waals surface area contributed by atoms with Crippen LogP contribution in [0, 0.1) is 0 Å². The molecular weight excluding hydrogens is 190 g/mol. The van der Waals surface area contributed by atoms with Gasteiger partial charge < -0.3 is 10.2 Å². The second kappa shape index (κ2) is 3.87. The summed E-state index contributed by atoms with van der Waals surface area (Å²) in [6.45, 7) is 2.30. The molecule has 3 heteroatoms. The highest BCUT2D eigenvalue weighted by atomic mass is 16.4. The Bertz CT molecular complexity index is 543. The highest BCUT2D eigenvalue weighted by molar-refractivity contribution is 5.77. The molecule has 0 aliphatic carbocycles. The zero-order valence-electron chi connectivity index (χ0n) is 8.62. The monoisotopic (exact) mass is 203 g/mol. The molecule has 0 amide bonds. The second-order valence-corrected chi connectivity index (χ2v) is 3.49. The average Bonchev–Trinajstić information content (AvgIpc) is 2.27. The Labute approximate surface area is 87.5 Å². The maximum atomic E-state index is 11.4. The van der Waals surface area contributed by atoms with Gasteiger partial charge in [-0.1, -0.05) is 13.0 Å². The molecular formula is C12H13NO2. The molecule has 15 heavy (non-hydrogen) atoms. The van der Waals surface area contributed by atoms with Crippen LogP contribution in [0.1, 0.15) is 18.1 Å². The van der Waals surface area contributed by atoms with E-state index in [4.69, 9.17) is 10.2 Å². The molecule has 78 valence electrons. The van der Waals surface area contributed by atoms with Crippen molar-refractivity contribution in [3.8, 4) is 0 Å². The van der Waals surface area contributed by atoms with E-state index in [0.717, 1.165) is 11.8 Å². The Kier molecular flexibility index (Phi) is 2.56. The van der Waals surface area contributed by atoms with Crippen LogP contribution in [0.15, 0.2) is 33.5 Å². The molecule has 2 aromatic rings. The molecule has 0 bridgehead atoms. The molecule has 1 heterocycles. The van der Waals surface area contributed by atoms with E-state index < -0.39 is 0 Å². The fourth-order valence-corrected chi connectivity index (χ4v) is 1.58. The summed E-state index contributed by atoms with van der Waals surface area (Å²) in [5.41, 5.74) is 7.48. The summed E-state index contributed by atoms with van der Waals surface area (Å²) in [4.78, 5) is 11.4. The molecule has 0 aliphatic rings. The SMILES string of the molecule is CCc1ccc2oc(=O)c(CN)cc2c1. The lowest BCUT2D eigenvalue weighted by atomic mass is 10.1. The minimum atomic E-state index is -0.339. The van der Waals surface area contributed by atoms with Crippen LogP contribution in [0.5, 0.6) is 0 Å². The third-order valence-corrected chi connectivity index (χ3v) is 2.50. The van der Waals surface area contributed by atoms with Crippen molar-refractivity contribution in [2.75, 3.05) is 0 Å². The molecule has 0 fully saturated rings. The quantitative estimate of drug-likeness (QED) is 0.757. The molecule has 0 saturated carbocycles. The van der Waals surface area contributed by atoms with Gasteiger partial charge in [-0.2, -0.15) is 0 Å². The van der Waals surface area contributed by atoms with Crippen molar-refractivity contribution in [3.05, 3.63) is 45.8 Å². The molecule has 0 unspecified atom stereocenters. The Morgan fingerprint density at radius 3 is 2.80 bits per heavy atom. The van der Waals surface area contributed by atoms with Crippen LogP contribution in [0.2, 0.25) is 0 Å². The number of hydrogen-bond acceptors (Lipinski definition) is 3. The van der Waals surface area contributed by atoms with Crippen molar-refractivity contribution in [2.45, 2.75) is 19.9 Å². The van der Waals surface area contributed by atoms with Crippen molar-refractivity contribution in [2.24, 2.45) is 5.73 Å². The number of hydrogen-bond donors (Lipinski definition) is 1. The number of rotatable bonds is 2. The van der Waals surface area contributed by atoms with Gasteiger partial charge >= 0.3 is 5.63 Å².